The first-order chi connectivity index (χ1) is 9.74. The standard InChI is InChI=1S/C15H21N3OS/c1-11-4-7-18(8-5-11)15(19)13-10-20-14(17-13)12-3-2-6-16-9-12/h2-3,6,9,11,13-14,17H,4-5,7-8,10H2,1H3. The minimum Gasteiger partial charge on any atom is -0.341 e. The summed E-state index contributed by atoms with van der Waals surface area (Å²) in [6, 6.07) is 3.96. The largest absolute Gasteiger partial charge is 0.341 e. The van der Waals surface area contributed by atoms with Gasteiger partial charge in [-0.1, -0.05) is 13.0 Å². The lowest BCUT2D eigenvalue weighted by molar-refractivity contribution is -0.134. The van der Waals surface area contributed by atoms with Gasteiger partial charge >= 0.3 is 0 Å². The Labute approximate surface area is 124 Å². The Hall–Kier alpha value is -1.07. The molecule has 2 aliphatic heterocycles. The van der Waals surface area contributed by atoms with E-state index >= 15 is 0 Å². The van der Waals surface area contributed by atoms with Gasteiger partial charge in [0, 0.05) is 31.2 Å². The van der Waals surface area contributed by atoms with Gasteiger partial charge in [-0.3, -0.25) is 15.1 Å². The molecule has 0 bridgehead atoms. The number of piperidine rings is 1. The normalized spacial score (nSPS) is 27.8. The molecule has 3 heterocycles. The van der Waals surface area contributed by atoms with Crippen LogP contribution in [0.15, 0.2) is 24.5 Å². The van der Waals surface area contributed by atoms with Crippen LogP contribution in [0.1, 0.15) is 30.7 Å². The fraction of sp³-hybridized carbons (Fsp3) is 0.600. The van der Waals surface area contributed by atoms with Crippen LogP contribution in [0.3, 0.4) is 0 Å². The molecule has 0 aromatic carbocycles. The van der Waals surface area contributed by atoms with Crippen molar-refractivity contribution in [2.45, 2.75) is 31.2 Å². The number of hydrogen-bond donors (Lipinski definition) is 1. The van der Waals surface area contributed by atoms with Gasteiger partial charge in [-0.2, -0.15) is 0 Å². The number of carbonyl (C=O) groups is 1. The van der Waals surface area contributed by atoms with Crippen molar-refractivity contribution in [2.24, 2.45) is 5.92 Å². The highest BCUT2D eigenvalue weighted by Gasteiger charge is 2.34. The fourth-order valence-electron chi connectivity index (χ4n) is 2.79. The number of pyridine rings is 1. The van der Waals surface area contributed by atoms with Crippen LogP contribution in [0.4, 0.5) is 0 Å². The Morgan fingerprint density at radius 2 is 2.25 bits per heavy atom. The summed E-state index contributed by atoms with van der Waals surface area (Å²) in [7, 11) is 0. The Morgan fingerprint density at radius 1 is 1.45 bits per heavy atom. The fourth-order valence-corrected chi connectivity index (χ4v) is 4.00. The van der Waals surface area contributed by atoms with Crippen molar-refractivity contribution in [3.8, 4) is 0 Å². The van der Waals surface area contributed by atoms with E-state index in [1.54, 1.807) is 18.0 Å². The predicted molar refractivity (Wildman–Crippen MR) is 81.3 cm³/mol. The molecule has 0 aliphatic carbocycles. The molecule has 0 spiro atoms. The van der Waals surface area contributed by atoms with E-state index in [-0.39, 0.29) is 17.3 Å². The summed E-state index contributed by atoms with van der Waals surface area (Å²) in [5.41, 5.74) is 1.15. The molecule has 2 atom stereocenters. The summed E-state index contributed by atoms with van der Waals surface area (Å²) >= 11 is 1.80. The zero-order valence-electron chi connectivity index (χ0n) is 11.8. The molecule has 5 heteroatoms. The smallest absolute Gasteiger partial charge is 0.240 e. The predicted octanol–water partition coefficient (Wildman–Crippen LogP) is 2.04. The lowest BCUT2D eigenvalue weighted by atomic mass is 9.99. The number of rotatable bonds is 2. The Kier molecular flexibility index (Phi) is 4.27. The van der Waals surface area contributed by atoms with E-state index in [2.05, 4.69) is 23.3 Å². The summed E-state index contributed by atoms with van der Waals surface area (Å²) in [5.74, 6) is 1.88. The zero-order chi connectivity index (χ0) is 13.9. The maximum absolute atomic E-state index is 12.5. The average Bonchev–Trinajstić information content (AvgIpc) is 2.98. The second-order valence-electron chi connectivity index (χ2n) is 5.73. The Morgan fingerprint density at radius 3 is 2.95 bits per heavy atom. The van der Waals surface area contributed by atoms with E-state index in [4.69, 9.17) is 0 Å². The number of thioether (sulfide) groups is 1. The molecule has 1 amide bonds. The number of nitrogens with one attached hydrogen (secondary N) is 1. The molecule has 2 aliphatic rings. The van der Waals surface area contributed by atoms with Gasteiger partial charge in [0.25, 0.3) is 0 Å². The van der Waals surface area contributed by atoms with Gasteiger partial charge in [-0.05, 0) is 30.4 Å². The highest BCUT2D eigenvalue weighted by atomic mass is 32.2. The molecule has 0 radical (unpaired) electrons. The number of nitrogens with zero attached hydrogens (tertiary/aromatic N) is 2. The van der Waals surface area contributed by atoms with Crippen LogP contribution < -0.4 is 5.32 Å². The molecule has 108 valence electrons. The summed E-state index contributed by atoms with van der Waals surface area (Å²) in [5, 5.41) is 3.64. The number of hydrogen-bond acceptors (Lipinski definition) is 4. The van der Waals surface area contributed by atoms with E-state index in [0.29, 0.717) is 0 Å². The van der Waals surface area contributed by atoms with Crippen LogP contribution in [-0.4, -0.2) is 40.7 Å². The highest BCUT2D eigenvalue weighted by Crippen LogP contribution is 2.33. The van der Waals surface area contributed by atoms with Crippen molar-refractivity contribution in [1.82, 2.24) is 15.2 Å². The molecule has 1 aromatic heterocycles. The lowest BCUT2D eigenvalue weighted by Crippen LogP contribution is -2.48. The van der Waals surface area contributed by atoms with Crippen LogP contribution in [-0.2, 0) is 4.79 Å². The lowest BCUT2D eigenvalue weighted by Gasteiger charge is -2.32. The first kappa shape index (κ1) is 13.9. The number of amides is 1. The van der Waals surface area contributed by atoms with E-state index < -0.39 is 0 Å². The molecule has 2 saturated heterocycles. The van der Waals surface area contributed by atoms with Crippen molar-refractivity contribution >= 4 is 17.7 Å². The second kappa shape index (κ2) is 6.14. The Bertz CT molecular complexity index is 459. The van der Waals surface area contributed by atoms with Crippen LogP contribution in [0, 0.1) is 5.92 Å². The third kappa shape index (κ3) is 2.99. The molecular formula is C15H21N3OS. The van der Waals surface area contributed by atoms with E-state index in [1.807, 2.05) is 17.2 Å². The topological polar surface area (TPSA) is 45.2 Å². The summed E-state index contributed by atoms with van der Waals surface area (Å²) in [6.45, 7) is 4.10. The van der Waals surface area contributed by atoms with Crippen molar-refractivity contribution in [3.05, 3.63) is 30.1 Å². The molecule has 2 unspecified atom stereocenters. The van der Waals surface area contributed by atoms with Gasteiger partial charge in [0.2, 0.25) is 5.91 Å². The van der Waals surface area contributed by atoms with E-state index in [0.717, 1.165) is 43.2 Å². The van der Waals surface area contributed by atoms with Crippen LogP contribution in [0.25, 0.3) is 0 Å². The van der Waals surface area contributed by atoms with E-state index in [1.165, 1.54) is 0 Å². The molecular weight excluding hydrogens is 270 g/mol. The second-order valence-corrected chi connectivity index (χ2v) is 6.86. The minimum atomic E-state index is -0.0430. The first-order valence-electron chi connectivity index (χ1n) is 7.30. The SMILES string of the molecule is CC1CCN(C(=O)C2CSC(c3cccnc3)N2)CC1. The molecule has 1 aromatic rings. The van der Waals surface area contributed by atoms with Gasteiger partial charge in [0.15, 0.2) is 0 Å². The molecule has 0 saturated carbocycles. The number of likely N-dealkylation sites (tertiary alicyclic amines) is 1. The number of aromatic nitrogens is 1. The van der Waals surface area contributed by atoms with Crippen molar-refractivity contribution in [2.75, 3.05) is 18.8 Å². The molecule has 3 rings (SSSR count). The maximum atomic E-state index is 12.5. The van der Waals surface area contributed by atoms with Gasteiger partial charge in [0.1, 0.15) is 0 Å². The van der Waals surface area contributed by atoms with Crippen LogP contribution >= 0.6 is 11.8 Å². The number of carbonyl (C=O) groups excluding carboxylic acids is 1. The minimum absolute atomic E-state index is 0.0430. The summed E-state index contributed by atoms with van der Waals surface area (Å²) in [6.07, 6.45) is 5.93. The van der Waals surface area contributed by atoms with Crippen molar-refractivity contribution in [1.29, 1.82) is 0 Å². The molecule has 4 nitrogen and oxygen atoms in total. The van der Waals surface area contributed by atoms with Crippen LogP contribution in [0.2, 0.25) is 0 Å². The maximum Gasteiger partial charge on any atom is 0.240 e. The quantitative estimate of drug-likeness (QED) is 0.906. The summed E-state index contributed by atoms with van der Waals surface area (Å²) in [4.78, 5) is 18.7. The van der Waals surface area contributed by atoms with Crippen molar-refractivity contribution < 1.29 is 4.79 Å². The zero-order valence-corrected chi connectivity index (χ0v) is 12.6. The molecule has 1 N–H and O–H groups in total. The third-order valence-corrected chi connectivity index (χ3v) is 5.43. The van der Waals surface area contributed by atoms with Crippen LogP contribution in [0.5, 0.6) is 0 Å². The summed E-state index contributed by atoms with van der Waals surface area (Å²) < 4.78 is 0. The first-order valence-corrected chi connectivity index (χ1v) is 8.35. The van der Waals surface area contributed by atoms with Gasteiger partial charge in [0.05, 0.1) is 11.4 Å². The van der Waals surface area contributed by atoms with Gasteiger partial charge in [-0.25, -0.2) is 0 Å². The van der Waals surface area contributed by atoms with E-state index in [9.17, 15) is 4.79 Å². The van der Waals surface area contributed by atoms with Crippen molar-refractivity contribution in [3.63, 3.8) is 0 Å². The van der Waals surface area contributed by atoms with Gasteiger partial charge < -0.3 is 4.90 Å². The van der Waals surface area contributed by atoms with Gasteiger partial charge in [-0.15, -0.1) is 11.8 Å². The Balaban J connectivity index is 1.58. The monoisotopic (exact) mass is 291 g/mol. The average molecular weight is 291 g/mol. The molecule has 20 heavy (non-hydrogen) atoms. The highest BCUT2D eigenvalue weighted by molar-refractivity contribution is 7.99. The molecule has 2 fully saturated rings. The third-order valence-electron chi connectivity index (χ3n) is 4.16.